The number of benzene rings is 1. The second-order valence-corrected chi connectivity index (χ2v) is 4.13. The van der Waals surface area contributed by atoms with Crippen LogP contribution in [0, 0.1) is 19.7 Å². The molecular weight excluding hydrogens is 217 g/mol. The van der Waals surface area contributed by atoms with Crippen LogP contribution in [0.4, 0.5) is 4.39 Å². The van der Waals surface area contributed by atoms with E-state index >= 15 is 0 Å². The van der Waals surface area contributed by atoms with Gasteiger partial charge in [0.15, 0.2) is 6.29 Å². The Hall–Kier alpha value is -1.90. The predicted molar refractivity (Wildman–Crippen MR) is 65.7 cm³/mol. The molecule has 0 aliphatic heterocycles. The lowest BCUT2D eigenvalue weighted by Crippen LogP contribution is -1.96. The van der Waals surface area contributed by atoms with Crippen molar-refractivity contribution in [3.63, 3.8) is 0 Å². The fourth-order valence-corrected chi connectivity index (χ4v) is 2.21. The smallest absolute Gasteiger partial charge is 0.152 e. The molecule has 0 aliphatic rings. The van der Waals surface area contributed by atoms with Gasteiger partial charge < -0.3 is 4.57 Å². The fourth-order valence-electron chi connectivity index (χ4n) is 2.21. The van der Waals surface area contributed by atoms with Crippen molar-refractivity contribution in [2.24, 2.45) is 7.05 Å². The van der Waals surface area contributed by atoms with Crippen molar-refractivity contribution in [2.75, 3.05) is 0 Å². The fraction of sp³-hybridized carbons (Fsp3) is 0.214. The van der Waals surface area contributed by atoms with Gasteiger partial charge in [-0.15, -0.1) is 0 Å². The van der Waals surface area contributed by atoms with Gasteiger partial charge in [-0.3, -0.25) is 4.79 Å². The molecule has 2 aromatic rings. The largest absolute Gasteiger partial charge is 0.347 e. The zero-order valence-electron chi connectivity index (χ0n) is 10.1. The highest BCUT2D eigenvalue weighted by atomic mass is 19.1. The number of nitrogens with zero attached hydrogens (tertiary/aromatic N) is 1. The second kappa shape index (κ2) is 4.17. The summed E-state index contributed by atoms with van der Waals surface area (Å²) >= 11 is 0. The molecule has 1 heterocycles. The third-order valence-corrected chi connectivity index (χ3v) is 3.23. The number of halogens is 1. The molecule has 0 atom stereocenters. The molecule has 88 valence electrons. The molecule has 0 fully saturated rings. The normalized spacial score (nSPS) is 10.6. The van der Waals surface area contributed by atoms with E-state index in [0.717, 1.165) is 23.2 Å². The summed E-state index contributed by atoms with van der Waals surface area (Å²) in [5.74, 6) is -0.270. The molecule has 0 radical (unpaired) electrons. The van der Waals surface area contributed by atoms with Gasteiger partial charge >= 0.3 is 0 Å². The van der Waals surface area contributed by atoms with Gasteiger partial charge in [-0.05, 0) is 31.5 Å². The van der Waals surface area contributed by atoms with Crippen molar-refractivity contribution in [1.29, 1.82) is 0 Å². The van der Waals surface area contributed by atoms with Crippen LogP contribution in [0.2, 0.25) is 0 Å². The van der Waals surface area contributed by atoms with Gasteiger partial charge in [0.2, 0.25) is 0 Å². The van der Waals surface area contributed by atoms with Gasteiger partial charge in [-0.2, -0.15) is 0 Å². The lowest BCUT2D eigenvalue weighted by atomic mass is 10.1. The number of aromatic nitrogens is 1. The Balaban J connectivity index is 2.77. The average Bonchev–Trinajstić information content (AvgIpc) is 2.52. The van der Waals surface area contributed by atoms with Crippen molar-refractivity contribution in [3.05, 3.63) is 46.9 Å². The molecule has 0 unspecified atom stereocenters. The molecule has 0 saturated carbocycles. The average molecular weight is 231 g/mol. The van der Waals surface area contributed by atoms with Crippen LogP contribution < -0.4 is 0 Å². The monoisotopic (exact) mass is 231 g/mol. The van der Waals surface area contributed by atoms with E-state index in [9.17, 15) is 9.18 Å². The molecule has 17 heavy (non-hydrogen) atoms. The van der Waals surface area contributed by atoms with E-state index in [1.165, 1.54) is 6.07 Å². The molecule has 2 rings (SSSR count). The molecule has 0 saturated heterocycles. The molecule has 1 aromatic heterocycles. The van der Waals surface area contributed by atoms with Crippen molar-refractivity contribution < 1.29 is 9.18 Å². The zero-order chi connectivity index (χ0) is 12.6. The molecule has 0 bridgehead atoms. The summed E-state index contributed by atoms with van der Waals surface area (Å²) in [6.07, 6.45) is 0.828. The highest BCUT2D eigenvalue weighted by Crippen LogP contribution is 2.30. The highest BCUT2D eigenvalue weighted by Gasteiger charge is 2.17. The van der Waals surface area contributed by atoms with E-state index in [1.54, 1.807) is 18.2 Å². The van der Waals surface area contributed by atoms with E-state index in [4.69, 9.17) is 0 Å². The summed E-state index contributed by atoms with van der Waals surface area (Å²) in [6.45, 7) is 3.71. The van der Waals surface area contributed by atoms with Crippen molar-refractivity contribution in [1.82, 2.24) is 4.57 Å². The van der Waals surface area contributed by atoms with Crippen molar-refractivity contribution in [3.8, 4) is 11.3 Å². The van der Waals surface area contributed by atoms with E-state index in [0.29, 0.717) is 11.1 Å². The maximum absolute atomic E-state index is 13.8. The van der Waals surface area contributed by atoms with E-state index in [1.807, 2.05) is 25.5 Å². The van der Waals surface area contributed by atoms with Crippen LogP contribution in [0.1, 0.15) is 21.6 Å². The maximum atomic E-state index is 13.8. The summed E-state index contributed by atoms with van der Waals surface area (Å²) in [6, 6.07) is 6.61. The summed E-state index contributed by atoms with van der Waals surface area (Å²) in [7, 11) is 1.84. The predicted octanol–water partition coefficient (Wildman–Crippen LogP) is 3.26. The van der Waals surface area contributed by atoms with Crippen LogP contribution in [0.25, 0.3) is 11.3 Å². The Labute approximate surface area is 99.7 Å². The van der Waals surface area contributed by atoms with Crippen molar-refractivity contribution in [2.45, 2.75) is 13.8 Å². The number of carbonyl (C=O) groups excluding carboxylic acids is 1. The Kier molecular flexibility index (Phi) is 2.84. The first kappa shape index (κ1) is 11.6. The van der Waals surface area contributed by atoms with Gasteiger partial charge in [0.25, 0.3) is 0 Å². The third-order valence-electron chi connectivity index (χ3n) is 3.23. The minimum atomic E-state index is -0.270. The highest BCUT2D eigenvalue weighted by molar-refractivity contribution is 5.84. The molecule has 0 spiro atoms. The first-order valence-corrected chi connectivity index (χ1v) is 5.44. The van der Waals surface area contributed by atoms with Gasteiger partial charge in [-0.25, -0.2) is 4.39 Å². The Bertz CT molecular complexity index is 584. The Morgan fingerprint density at radius 3 is 2.41 bits per heavy atom. The maximum Gasteiger partial charge on any atom is 0.152 e. The van der Waals surface area contributed by atoms with Crippen LogP contribution in [-0.4, -0.2) is 10.9 Å². The molecule has 0 aliphatic carbocycles. The first-order valence-electron chi connectivity index (χ1n) is 5.44. The standard InChI is InChI=1S/C14H14FNO/c1-9-12(8-17)10(2)16(3)14(9)11-6-4-5-7-13(11)15/h4-8H,1-3H3. The van der Waals surface area contributed by atoms with Crippen LogP contribution in [0.3, 0.4) is 0 Å². The third kappa shape index (κ3) is 1.68. The van der Waals surface area contributed by atoms with Crippen LogP contribution in [0.15, 0.2) is 24.3 Å². The molecule has 2 nitrogen and oxygen atoms in total. The molecule has 3 heteroatoms. The molecule has 0 N–H and O–H groups in total. The molecule has 0 amide bonds. The lowest BCUT2D eigenvalue weighted by molar-refractivity contribution is 0.112. The summed E-state index contributed by atoms with van der Waals surface area (Å²) < 4.78 is 15.6. The Morgan fingerprint density at radius 1 is 1.24 bits per heavy atom. The topological polar surface area (TPSA) is 22.0 Å². The van der Waals surface area contributed by atoms with E-state index < -0.39 is 0 Å². The van der Waals surface area contributed by atoms with E-state index in [-0.39, 0.29) is 5.82 Å². The summed E-state index contributed by atoms with van der Waals surface area (Å²) in [5.41, 5.74) is 3.62. The van der Waals surface area contributed by atoms with Gasteiger partial charge in [0, 0.05) is 23.9 Å². The summed E-state index contributed by atoms with van der Waals surface area (Å²) in [5, 5.41) is 0. The summed E-state index contributed by atoms with van der Waals surface area (Å²) in [4.78, 5) is 11.0. The van der Waals surface area contributed by atoms with Crippen LogP contribution >= 0.6 is 0 Å². The lowest BCUT2D eigenvalue weighted by Gasteiger charge is -2.07. The SMILES string of the molecule is Cc1c(C=O)c(C)n(C)c1-c1ccccc1F. The number of hydrogen-bond acceptors (Lipinski definition) is 1. The zero-order valence-corrected chi connectivity index (χ0v) is 10.1. The first-order chi connectivity index (χ1) is 8.07. The van der Waals surface area contributed by atoms with Gasteiger partial charge in [0.05, 0.1) is 5.69 Å². The second-order valence-electron chi connectivity index (χ2n) is 4.13. The van der Waals surface area contributed by atoms with Crippen LogP contribution in [-0.2, 0) is 7.05 Å². The van der Waals surface area contributed by atoms with Crippen LogP contribution in [0.5, 0.6) is 0 Å². The minimum absolute atomic E-state index is 0.270. The number of carbonyl (C=O) groups is 1. The molecule has 1 aromatic carbocycles. The van der Waals surface area contributed by atoms with Crippen molar-refractivity contribution >= 4 is 6.29 Å². The number of hydrogen-bond donors (Lipinski definition) is 0. The Morgan fingerprint density at radius 2 is 1.88 bits per heavy atom. The number of rotatable bonds is 2. The number of aldehydes is 1. The van der Waals surface area contributed by atoms with Gasteiger partial charge in [0.1, 0.15) is 5.82 Å². The minimum Gasteiger partial charge on any atom is -0.347 e. The quantitative estimate of drug-likeness (QED) is 0.727. The molecular formula is C14H14FNO. The van der Waals surface area contributed by atoms with Gasteiger partial charge in [-0.1, -0.05) is 12.1 Å². The van der Waals surface area contributed by atoms with E-state index in [2.05, 4.69) is 0 Å².